The minimum atomic E-state index is -2.69. The molecule has 2 atom stereocenters. The largest absolute Gasteiger partial charge is 0.450 e. The number of aliphatic hydroxyl groups excluding tert-OH is 1. The van der Waals surface area contributed by atoms with Crippen molar-refractivity contribution in [1.82, 2.24) is 14.7 Å². The summed E-state index contributed by atoms with van der Waals surface area (Å²) in [5.74, 6) is -2.69. The molecule has 1 unspecified atom stereocenters. The van der Waals surface area contributed by atoms with Gasteiger partial charge in [-0.15, -0.1) is 0 Å². The normalized spacial score (nSPS) is 37.1. The number of halogens is 2. The van der Waals surface area contributed by atoms with Crippen molar-refractivity contribution in [3.05, 3.63) is 0 Å². The predicted octanol–water partition coefficient (Wildman–Crippen LogP) is 2.55. The highest BCUT2D eigenvalue weighted by Gasteiger charge is 2.53. The van der Waals surface area contributed by atoms with Gasteiger partial charge in [0.1, 0.15) is 0 Å². The van der Waals surface area contributed by atoms with Gasteiger partial charge in [0, 0.05) is 37.6 Å². The van der Waals surface area contributed by atoms with Crippen molar-refractivity contribution < 1.29 is 23.4 Å². The lowest BCUT2D eigenvalue weighted by Gasteiger charge is -2.52. The molecule has 1 spiro atoms. The number of rotatable bonds is 4. The Bertz CT molecular complexity index is 604. The van der Waals surface area contributed by atoms with Gasteiger partial charge in [0.25, 0.3) is 5.92 Å². The Morgan fingerprint density at radius 2 is 1.83 bits per heavy atom. The Labute approximate surface area is 172 Å². The minimum Gasteiger partial charge on any atom is -0.450 e. The number of nitrogens with zero attached hydrogens (tertiary/aromatic N) is 3. The fraction of sp³-hybridized carbons (Fsp3) is 0.952. The summed E-state index contributed by atoms with van der Waals surface area (Å²) < 4.78 is 33.0. The highest BCUT2D eigenvalue weighted by Crippen LogP contribution is 2.50. The first-order valence-electron chi connectivity index (χ1n) is 11.2. The lowest BCUT2D eigenvalue weighted by Crippen LogP contribution is -2.56. The zero-order valence-electron chi connectivity index (χ0n) is 17.7. The number of amides is 1. The average Bonchev–Trinajstić information content (AvgIpc) is 3.22. The van der Waals surface area contributed by atoms with E-state index in [2.05, 4.69) is 4.90 Å². The number of aliphatic hydroxyl groups is 1. The third-order valence-electron chi connectivity index (χ3n) is 7.69. The van der Waals surface area contributed by atoms with Crippen LogP contribution in [0.5, 0.6) is 0 Å². The summed E-state index contributed by atoms with van der Waals surface area (Å²) in [4.78, 5) is 18.2. The van der Waals surface area contributed by atoms with Gasteiger partial charge in [0.2, 0.25) is 0 Å². The van der Waals surface area contributed by atoms with Crippen molar-refractivity contribution in [3.63, 3.8) is 0 Å². The minimum absolute atomic E-state index is 0.138. The Balaban J connectivity index is 1.25. The highest BCUT2D eigenvalue weighted by molar-refractivity contribution is 5.68. The fourth-order valence-electron chi connectivity index (χ4n) is 6.14. The smallest absolute Gasteiger partial charge is 0.409 e. The molecule has 3 heterocycles. The first-order chi connectivity index (χ1) is 13.7. The SMILES string of the molecule is CCOC(=O)N1CCC2(CC(N3CCC(N4CC(F)(F)C[C@@H]4C(C)O)CC3)C2)C1. The number of hydrogen-bond donors (Lipinski definition) is 1. The van der Waals surface area contributed by atoms with Crippen LogP contribution in [0.4, 0.5) is 13.6 Å². The summed E-state index contributed by atoms with van der Waals surface area (Å²) in [7, 11) is 0. The average molecular weight is 416 g/mol. The van der Waals surface area contributed by atoms with Crippen LogP contribution < -0.4 is 0 Å². The first-order valence-corrected chi connectivity index (χ1v) is 11.2. The van der Waals surface area contributed by atoms with E-state index in [1.54, 1.807) is 6.92 Å². The van der Waals surface area contributed by atoms with Crippen LogP contribution >= 0.6 is 0 Å². The molecule has 0 radical (unpaired) electrons. The molecule has 6 nitrogen and oxygen atoms in total. The molecule has 0 bridgehead atoms. The van der Waals surface area contributed by atoms with E-state index in [9.17, 15) is 18.7 Å². The van der Waals surface area contributed by atoms with Crippen molar-refractivity contribution in [1.29, 1.82) is 0 Å². The Kier molecular flexibility index (Phi) is 5.81. The van der Waals surface area contributed by atoms with Gasteiger partial charge >= 0.3 is 6.09 Å². The molecule has 1 aliphatic carbocycles. The molecule has 166 valence electrons. The Morgan fingerprint density at radius 1 is 1.14 bits per heavy atom. The van der Waals surface area contributed by atoms with Crippen LogP contribution in [-0.2, 0) is 4.74 Å². The van der Waals surface area contributed by atoms with E-state index in [0.29, 0.717) is 12.6 Å². The molecule has 1 saturated carbocycles. The van der Waals surface area contributed by atoms with Crippen molar-refractivity contribution in [2.75, 3.05) is 39.3 Å². The van der Waals surface area contributed by atoms with Crippen molar-refractivity contribution in [2.45, 2.75) is 82.5 Å². The number of carbonyl (C=O) groups is 1. The van der Waals surface area contributed by atoms with E-state index < -0.39 is 18.1 Å². The molecule has 4 fully saturated rings. The lowest BCUT2D eigenvalue weighted by molar-refractivity contribution is -0.0287. The molecule has 3 aliphatic heterocycles. The number of ether oxygens (including phenoxy) is 1. The Hall–Kier alpha value is -0.990. The monoisotopic (exact) mass is 415 g/mol. The number of likely N-dealkylation sites (tertiary alicyclic amines) is 3. The third-order valence-corrected chi connectivity index (χ3v) is 7.69. The maximum absolute atomic E-state index is 13.9. The van der Waals surface area contributed by atoms with Gasteiger partial charge in [-0.2, -0.15) is 0 Å². The highest BCUT2D eigenvalue weighted by atomic mass is 19.3. The summed E-state index contributed by atoms with van der Waals surface area (Å²) in [5, 5.41) is 9.96. The second-order valence-electron chi connectivity index (χ2n) is 9.74. The summed E-state index contributed by atoms with van der Waals surface area (Å²) in [6, 6.07) is 0.255. The maximum atomic E-state index is 13.9. The number of alkyl halides is 2. The van der Waals surface area contributed by atoms with E-state index >= 15 is 0 Å². The van der Waals surface area contributed by atoms with Crippen molar-refractivity contribution in [2.24, 2.45) is 5.41 Å². The number of carbonyl (C=O) groups excluding carboxylic acids is 1. The van der Waals surface area contributed by atoms with Gasteiger partial charge in [-0.25, -0.2) is 13.6 Å². The fourth-order valence-corrected chi connectivity index (χ4v) is 6.14. The molecular formula is C21H35F2N3O3. The van der Waals surface area contributed by atoms with Crippen LogP contribution in [0, 0.1) is 5.41 Å². The first kappa shape index (κ1) is 21.2. The molecule has 1 N–H and O–H groups in total. The number of piperidine rings is 1. The maximum Gasteiger partial charge on any atom is 0.409 e. The predicted molar refractivity (Wildman–Crippen MR) is 105 cm³/mol. The van der Waals surface area contributed by atoms with Gasteiger partial charge in [0.05, 0.1) is 19.3 Å². The van der Waals surface area contributed by atoms with Gasteiger partial charge in [-0.3, -0.25) is 4.90 Å². The van der Waals surface area contributed by atoms with Gasteiger partial charge in [-0.05, 0) is 64.5 Å². The lowest BCUT2D eigenvalue weighted by atomic mass is 9.64. The summed E-state index contributed by atoms with van der Waals surface area (Å²) in [5.41, 5.74) is 0.253. The molecule has 3 saturated heterocycles. The topological polar surface area (TPSA) is 56.2 Å². The van der Waals surface area contributed by atoms with E-state index in [0.717, 1.165) is 58.3 Å². The molecule has 0 aromatic rings. The van der Waals surface area contributed by atoms with Crippen molar-refractivity contribution >= 4 is 6.09 Å². The summed E-state index contributed by atoms with van der Waals surface area (Å²) in [6.45, 7) is 7.11. The second-order valence-corrected chi connectivity index (χ2v) is 9.74. The molecule has 4 rings (SSSR count). The number of hydrogen-bond acceptors (Lipinski definition) is 5. The quantitative estimate of drug-likeness (QED) is 0.765. The molecule has 8 heteroatoms. The van der Waals surface area contributed by atoms with Crippen molar-refractivity contribution in [3.8, 4) is 0 Å². The van der Waals surface area contributed by atoms with Crippen LogP contribution in [0.1, 0.15) is 52.4 Å². The molecule has 4 aliphatic rings. The molecule has 0 aromatic heterocycles. The molecule has 1 amide bonds. The van der Waals surface area contributed by atoms with Crippen LogP contribution in [-0.4, -0.2) is 95.4 Å². The van der Waals surface area contributed by atoms with Gasteiger partial charge in [0.15, 0.2) is 0 Å². The molecule has 29 heavy (non-hydrogen) atoms. The summed E-state index contributed by atoms with van der Waals surface area (Å²) in [6.07, 6.45) is 3.92. The van der Waals surface area contributed by atoms with Crippen LogP contribution in [0.2, 0.25) is 0 Å². The molecular weight excluding hydrogens is 380 g/mol. The van der Waals surface area contributed by atoms with Crippen LogP contribution in [0.15, 0.2) is 0 Å². The van der Waals surface area contributed by atoms with E-state index in [1.807, 2.05) is 16.7 Å². The van der Waals surface area contributed by atoms with Gasteiger partial charge in [-0.1, -0.05) is 0 Å². The zero-order chi connectivity index (χ0) is 20.8. The Morgan fingerprint density at radius 3 is 2.45 bits per heavy atom. The third kappa shape index (κ3) is 4.26. The second kappa shape index (κ2) is 7.93. The van der Waals surface area contributed by atoms with Crippen LogP contribution in [0.25, 0.3) is 0 Å². The van der Waals surface area contributed by atoms with E-state index in [-0.39, 0.29) is 30.5 Å². The van der Waals surface area contributed by atoms with E-state index in [4.69, 9.17) is 4.74 Å². The van der Waals surface area contributed by atoms with Gasteiger partial charge < -0.3 is 19.6 Å². The summed E-state index contributed by atoms with van der Waals surface area (Å²) >= 11 is 0. The van der Waals surface area contributed by atoms with E-state index in [1.165, 1.54) is 0 Å². The standard InChI is InChI=1S/C21H35F2N3O3/c1-3-29-19(28)25-9-6-20(13-25)10-17(11-20)24-7-4-16(5-8-24)26-14-21(22,23)12-18(26)15(2)27/h15-18,27H,3-14H2,1-2H3/t15?,17?,18-,20?/m1/s1. The van der Waals surface area contributed by atoms with Crippen LogP contribution in [0.3, 0.4) is 0 Å². The zero-order valence-corrected chi connectivity index (χ0v) is 17.7. The molecule has 0 aromatic carbocycles.